The number of nitrogens with zero attached hydrogens (tertiary/aromatic N) is 1. The Kier molecular flexibility index (Phi) is 5.01. The van der Waals surface area contributed by atoms with Crippen molar-refractivity contribution >= 4 is 28.3 Å². The molecule has 0 aliphatic heterocycles. The maximum absolute atomic E-state index is 14.0. The van der Waals surface area contributed by atoms with Gasteiger partial charge in [-0.25, -0.2) is 13.2 Å². The van der Waals surface area contributed by atoms with Gasteiger partial charge in [-0.3, -0.25) is 10.1 Å². The lowest BCUT2D eigenvalue weighted by Gasteiger charge is -2.10. The van der Waals surface area contributed by atoms with Crippen LogP contribution in [-0.2, 0) is 13.0 Å². The minimum absolute atomic E-state index is 0.00287. The average Bonchev–Trinajstić information content (AvgIpc) is 2.45. The van der Waals surface area contributed by atoms with Gasteiger partial charge in [0.2, 0.25) is 0 Å². The largest absolute Gasteiger partial charge is 0.391 e. The number of rotatable bonds is 4. The summed E-state index contributed by atoms with van der Waals surface area (Å²) in [5, 5.41) is 20.2. The molecule has 2 rings (SSSR count). The highest BCUT2D eigenvalue weighted by Crippen LogP contribution is 2.31. The minimum Gasteiger partial charge on any atom is -0.391 e. The van der Waals surface area contributed by atoms with E-state index in [9.17, 15) is 23.3 Å². The van der Waals surface area contributed by atoms with Crippen LogP contribution in [0, 0.1) is 31.1 Å². The van der Waals surface area contributed by atoms with E-state index in [-0.39, 0.29) is 11.1 Å². The van der Waals surface area contributed by atoms with Crippen molar-refractivity contribution in [2.75, 3.05) is 0 Å². The molecular weight excluding hydrogens is 414 g/mol. The third kappa shape index (κ3) is 3.22. The number of aliphatic hydroxyl groups excluding tert-OH is 1. The molecule has 0 unspecified atom stereocenters. The molecule has 0 saturated heterocycles. The molecule has 0 aliphatic carbocycles. The maximum atomic E-state index is 14.0. The highest BCUT2D eigenvalue weighted by molar-refractivity contribution is 14.1. The quantitative estimate of drug-likeness (QED) is 0.464. The van der Waals surface area contributed by atoms with Crippen molar-refractivity contribution < 1.29 is 23.2 Å². The van der Waals surface area contributed by atoms with Gasteiger partial charge in [-0.05, 0) is 46.4 Å². The van der Waals surface area contributed by atoms with Crippen molar-refractivity contribution in [1.82, 2.24) is 0 Å². The van der Waals surface area contributed by atoms with E-state index in [2.05, 4.69) is 0 Å². The molecule has 0 aromatic heterocycles. The smallest absolute Gasteiger partial charge is 0.281 e. The summed E-state index contributed by atoms with van der Waals surface area (Å²) in [6.07, 6.45) is -0.490. The Balaban J connectivity index is 2.62. The standard InChI is InChI=1S/C14H9F3INO3/c15-11-5-9(18)2-1-7(11)3-10-13(17)12(16)4-8(6-20)14(10)19(21)22/h1-2,4-5,20H,3,6H2. The molecule has 0 radical (unpaired) electrons. The second-order valence-electron chi connectivity index (χ2n) is 4.49. The van der Waals surface area contributed by atoms with Gasteiger partial charge in [0.1, 0.15) is 5.82 Å². The van der Waals surface area contributed by atoms with Gasteiger partial charge in [0.05, 0.1) is 22.7 Å². The monoisotopic (exact) mass is 423 g/mol. The van der Waals surface area contributed by atoms with Crippen molar-refractivity contribution in [2.24, 2.45) is 0 Å². The Labute approximate surface area is 136 Å². The van der Waals surface area contributed by atoms with Crippen LogP contribution in [0.2, 0.25) is 0 Å². The number of nitro benzene ring substituents is 1. The zero-order valence-corrected chi connectivity index (χ0v) is 13.1. The summed E-state index contributed by atoms with van der Waals surface area (Å²) >= 11 is 1.88. The van der Waals surface area contributed by atoms with Crippen molar-refractivity contribution in [3.05, 3.63) is 72.1 Å². The Hall–Kier alpha value is -1.68. The fourth-order valence-corrected chi connectivity index (χ4v) is 2.54. The summed E-state index contributed by atoms with van der Waals surface area (Å²) in [5.74, 6) is -3.41. The van der Waals surface area contributed by atoms with Crippen LogP contribution in [-0.4, -0.2) is 10.0 Å². The molecule has 116 valence electrons. The molecular formula is C14H9F3INO3. The second kappa shape index (κ2) is 6.61. The highest BCUT2D eigenvalue weighted by Gasteiger charge is 2.27. The van der Waals surface area contributed by atoms with Gasteiger partial charge in [0, 0.05) is 9.99 Å². The topological polar surface area (TPSA) is 63.4 Å². The van der Waals surface area contributed by atoms with Crippen molar-refractivity contribution in [3.8, 4) is 0 Å². The molecule has 0 spiro atoms. The number of halogens is 4. The van der Waals surface area contributed by atoms with E-state index < -0.39 is 46.7 Å². The van der Waals surface area contributed by atoms with Crippen LogP contribution in [0.3, 0.4) is 0 Å². The fraction of sp³-hybridized carbons (Fsp3) is 0.143. The molecule has 0 amide bonds. The number of aliphatic hydroxyl groups is 1. The summed E-state index contributed by atoms with van der Waals surface area (Å²) < 4.78 is 41.9. The lowest BCUT2D eigenvalue weighted by Crippen LogP contribution is -2.07. The Morgan fingerprint density at radius 1 is 1.14 bits per heavy atom. The SMILES string of the molecule is O=[N+]([O-])c1c(CO)cc(F)c(F)c1Cc1ccc(I)cc1F. The van der Waals surface area contributed by atoms with E-state index in [1.54, 1.807) is 6.07 Å². The van der Waals surface area contributed by atoms with Gasteiger partial charge in [-0.2, -0.15) is 0 Å². The fourth-order valence-electron chi connectivity index (χ4n) is 2.09. The Bertz CT molecular complexity index is 753. The highest BCUT2D eigenvalue weighted by atomic mass is 127. The Morgan fingerprint density at radius 2 is 1.82 bits per heavy atom. The molecule has 1 N–H and O–H groups in total. The van der Waals surface area contributed by atoms with Crippen molar-refractivity contribution in [1.29, 1.82) is 0 Å². The zero-order valence-electron chi connectivity index (χ0n) is 10.9. The predicted octanol–water partition coefficient (Wildman–Crippen LogP) is 3.70. The van der Waals surface area contributed by atoms with E-state index in [1.165, 1.54) is 12.1 Å². The molecule has 0 heterocycles. The molecule has 4 nitrogen and oxygen atoms in total. The second-order valence-corrected chi connectivity index (χ2v) is 5.73. The van der Waals surface area contributed by atoms with E-state index >= 15 is 0 Å². The summed E-state index contributed by atoms with van der Waals surface area (Å²) in [6.45, 7) is -0.824. The number of benzene rings is 2. The van der Waals surface area contributed by atoms with Crippen LogP contribution in [0.15, 0.2) is 24.3 Å². The molecule has 2 aromatic rings. The molecule has 0 aliphatic rings. The number of nitro groups is 1. The maximum Gasteiger partial charge on any atom is 0.281 e. The van der Waals surface area contributed by atoms with Crippen LogP contribution >= 0.6 is 22.6 Å². The Morgan fingerprint density at radius 3 is 2.36 bits per heavy atom. The zero-order chi connectivity index (χ0) is 16.4. The minimum atomic E-state index is -1.41. The molecule has 0 bridgehead atoms. The number of hydrogen-bond donors (Lipinski definition) is 1. The van der Waals surface area contributed by atoms with Gasteiger partial charge in [-0.1, -0.05) is 6.07 Å². The van der Waals surface area contributed by atoms with Crippen LogP contribution in [0.1, 0.15) is 16.7 Å². The normalized spacial score (nSPS) is 10.8. The summed E-state index contributed by atoms with van der Waals surface area (Å²) in [7, 11) is 0. The molecule has 2 aromatic carbocycles. The van der Waals surface area contributed by atoms with E-state index in [4.69, 9.17) is 5.11 Å². The van der Waals surface area contributed by atoms with E-state index in [1.807, 2.05) is 22.6 Å². The molecule has 0 saturated carbocycles. The lowest BCUT2D eigenvalue weighted by atomic mass is 9.99. The van der Waals surface area contributed by atoms with E-state index in [0.29, 0.717) is 9.64 Å². The van der Waals surface area contributed by atoms with Gasteiger partial charge < -0.3 is 5.11 Å². The summed E-state index contributed by atoms with van der Waals surface area (Å²) in [4.78, 5) is 10.2. The van der Waals surface area contributed by atoms with Crippen LogP contribution in [0.25, 0.3) is 0 Å². The first-order valence-electron chi connectivity index (χ1n) is 6.04. The molecule has 8 heteroatoms. The van der Waals surface area contributed by atoms with Crippen LogP contribution < -0.4 is 0 Å². The summed E-state index contributed by atoms with van der Waals surface area (Å²) in [6, 6.07) is 4.66. The van der Waals surface area contributed by atoms with Gasteiger partial charge in [0.25, 0.3) is 5.69 Å². The molecule has 22 heavy (non-hydrogen) atoms. The van der Waals surface area contributed by atoms with Gasteiger partial charge in [0.15, 0.2) is 11.6 Å². The summed E-state index contributed by atoms with van der Waals surface area (Å²) in [5.41, 5.74) is -1.68. The van der Waals surface area contributed by atoms with E-state index in [0.717, 1.165) is 0 Å². The first-order chi connectivity index (χ1) is 10.3. The lowest BCUT2D eigenvalue weighted by molar-refractivity contribution is -0.386. The number of hydrogen-bond acceptors (Lipinski definition) is 3. The third-order valence-corrected chi connectivity index (χ3v) is 3.77. The van der Waals surface area contributed by atoms with Crippen LogP contribution in [0.5, 0.6) is 0 Å². The van der Waals surface area contributed by atoms with Gasteiger partial charge >= 0.3 is 0 Å². The first kappa shape index (κ1) is 16.7. The molecule has 0 atom stereocenters. The first-order valence-corrected chi connectivity index (χ1v) is 7.12. The van der Waals surface area contributed by atoms with Crippen molar-refractivity contribution in [3.63, 3.8) is 0 Å². The third-order valence-electron chi connectivity index (χ3n) is 3.10. The van der Waals surface area contributed by atoms with Crippen molar-refractivity contribution in [2.45, 2.75) is 13.0 Å². The van der Waals surface area contributed by atoms with Crippen LogP contribution in [0.4, 0.5) is 18.9 Å². The van der Waals surface area contributed by atoms with Gasteiger partial charge in [-0.15, -0.1) is 0 Å². The predicted molar refractivity (Wildman–Crippen MR) is 80.9 cm³/mol. The molecule has 0 fully saturated rings. The average molecular weight is 423 g/mol.